The van der Waals surface area contributed by atoms with Gasteiger partial charge in [-0.25, -0.2) is 9.78 Å². The smallest absolute Gasteiger partial charge is 0.351 e. The van der Waals surface area contributed by atoms with Gasteiger partial charge in [0, 0.05) is 10.9 Å². The molecule has 0 saturated heterocycles. The largest absolute Gasteiger partial charge is 0.497 e. The Balaban J connectivity index is 1.71. The minimum absolute atomic E-state index is 0.212. The number of aryl methyl sites for hydroxylation is 1. The normalized spacial score (nSPS) is 11.3. The van der Waals surface area contributed by atoms with E-state index < -0.39 is 0 Å². The van der Waals surface area contributed by atoms with Gasteiger partial charge in [-0.1, -0.05) is 42.0 Å². The van der Waals surface area contributed by atoms with Crippen LogP contribution in [0.25, 0.3) is 27.9 Å². The number of fused-ring (bicyclic) bond motifs is 3. The zero-order valence-corrected chi connectivity index (χ0v) is 16.7. The molecule has 2 aromatic heterocycles. The van der Waals surface area contributed by atoms with Crippen LogP contribution in [0.4, 0.5) is 0 Å². The van der Waals surface area contributed by atoms with Crippen LogP contribution >= 0.6 is 0 Å². The Morgan fingerprint density at radius 3 is 2.40 bits per heavy atom. The van der Waals surface area contributed by atoms with E-state index in [1.165, 1.54) is 10.1 Å². The van der Waals surface area contributed by atoms with Crippen molar-refractivity contribution < 1.29 is 4.74 Å². The van der Waals surface area contributed by atoms with Crippen LogP contribution < -0.4 is 10.4 Å². The van der Waals surface area contributed by atoms with Gasteiger partial charge in [-0.15, -0.1) is 5.10 Å². The summed E-state index contributed by atoms with van der Waals surface area (Å²) >= 11 is 0. The Hall–Kier alpha value is -3.93. The van der Waals surface area contributed by atoms with Gasteiger partial charge in [-0.05, 0) is 48.9 Å². The molecule has 0 N–H and O–H groups in total. The molecule has 2 heterocycles. The number of aromatic nitrogens is 4. The number of hydrogen-bond acceptors (Lipinski definition) is 4. The summed E-state index contributed by atoms with van der Waals surface area (Å²) in [6.45, 7) is 2.51. The van der Waals surface area contributed by atoms with Crippen LogP contribution in [0.1, 0.15) is 11.1 Å². The fourth-order valence-corrected chi connectivity index (χ4v) is 3.63. The molecule has 0 spiro atoms. The van der Waals surface area contributed by atoms with Crippen LogP contribution in [-0.4, -0.2) is 26.3 Å². The molecule has 0 unspecified atom stereocenters. The number of nitrogens with zero attached hydrogens (tertiary/aromatic N) is 4. The first-order chi connectivity index (χ1) is 14.6. The van der Waals surface area contributed by atoms with Gasteiger partial charge in [0.2, 0.25) is 0 Å². The third kappa shape index (κ3) is 3.03. The van der Waals surface area contributed by atoms with Crippen molar-refractivity contribution in [1.82, 2.24) is 19.2 Å². The number of benzene rings is 3. The van der Waals surface area contributed by atoms with Gasteiger partial charge in [0.25, 0.3) is 0 Å². The fraction of sp³-hybridized carbons (Fsp3) is 0.125. The second kappa shape index (κ2) is 7.15. The fourth-order valence-electron chi connectivity index (χ4n) is 3.63. The first-order valence-electron chi connectivity index (χ1n) is 9.72. The Morgan fingerprint density at radius 1 is 0.933 bits per heavy atom. The van der Waals surface area contributed by atoms with E-state index in [0.717, 1.165) is 27.8 Å². The molecule has 0 atom stereocenters. The van der Waals surface area contributed by atoms with Crippen molar-refractivity contribution in [3.05, 3.63) is 94.4 Å². The predicted octanol–water partition coefficient (Wildman–Crippen LogP) is 4.08. The molecule has 3 aromatic carbocycles. The summed E-state index contributed by atoms with van der Waals surface area (Å²) in [5, 5.41) is 5.42. The van der Waals surface area contributed by atoms with Crippen LogP contribution in [0.2, 0.25) is 0 Å². The molecule has 0 aliphatic carbocycles. The minimum Gasteiger partial charge on any atom is -0.497 e. The maximum absolute atomic E-state index is 13.4. The second-order valence-electron chi connectivity index (χ2n) is 7.27. The standard InChI is InChI=1S/C24H20N4O2/c1-16-7-9-17(10-8-16)15-27-21-6-4-3-5-20(21)23-25-22(26-28(23)24(27)29)18-11-13-19(30-2)14-12-18/h3-14H,15H2,1-2H3. The Labute approximate surface area is 173 Å². The lowest BCUT2D eigenvalue weighted by Gasteiger charge is -2.11. The molecule has 148 valence electrons. The molecule has 5 aromatic rings. The molecular formula is C24H20N4O2. The first-order valence-corrected chi connectivity index (χ1v) is 9.72. The van der Waals surface area contributed by atoms with E-state index in [1.54, 1.807) is 11.7 Å². The molecular weight excluding hydrogens is 376 g/mol. The zero-order chi connectivity index (χ0) is 20.7. The average molecular weight is 396 g/mol. The van der Waals surface area contributed by atoms with Gasteiger partial charge in [0.05, 0.1) is 19.2 Å². The lowest BCUT2D eigenvalue weighted by molar-refractivity contribution is 0.415. The summed E-state index contributed by atoms with van der Waals surface area (Å²) in [6, 6.07) is 23.5. The van der Waals surface area contributed by atoms with Crippen LogP contribution in [-0.2, 0) is 6.54 Å². The SMILES string of the molecule is COc1ccc(-c2nc3c4ccccc4n(Cc4ccc(C)cc4)c(=O)n3n2)cc1. The molecule has 30 heavy (non-hydrogen) atoms. The number of hydrogen-bond donors (Lipinski definition) is 0. The molecule has 6 nitrogen and oxygen atoms in total. The minimum atomic E-state index is -0.212. The average Bonchev–Trinajstić information content (AvgIpc) is 3.24. The summed E-state index contributed by atoms with van der Waals surface area (Å²) in [4.78, 5) is 18.0. The molecule has 0 radical (unpaired) electrons. The maximum Gasteiger partial charge on any atom is 0.351 e. The predicted molar refractivity (Wildman–Crippen MR) is 117 cm³/mol. The first kappa shape index (κ1) is 18.1. The van der Waals surface area contributed by atoms with Crippen LogP contribution in [0, 0.1) is 6.92 Å². The monoisotopic (exact) mass is 396 g/mol. The third-order valence-corrected chi connectivity index (χ3v) is 5.26. The van der Waals surface area contributed by atoms with Gasteiger partial charge in [0.1, 0.15) is 5.75 Å². The van der Waals surface area contributed by atoms with Crippen molar-refractivity contribution >= 4 is 16.6 Å². The number of ether oxygens (including phenoxy) is 1. The van der Waals surface area contributed by atoms with E-state index in [0.29, 0.717) is 18.0 Å². The van der Waals surface area contributed by atoms with E-state index in [1.807, 2.05) is 67.6 Å². The summed E-state index contributed by atoms with van der Waals surface area (Å²) in [7, 11) is 1.63. The van der Waals surface area contributed by atoms with Gasteiger partial charge < -0.3 is 4.74 Å². The highest BCUT2D eigenvalue weighted by atomic mass is 16.5. The van der Waals surface area contributed by atoms with E-state index in [-0.39, 0.29) is 5.69 Å². The molecule has 5 rings (SSSR count). The van der Waals surface area contributed by atoms with Crippen LogP contribution in [0.5, 0.6) is 5.75 Å². The van der Waals surface area contributed by atoms with Crippen molar-refractivity contribution in [2.75, 3.05) is 7.11 Å². The molecule has 0 aliphatic heterocycles. The Morgan fingerprint density at radius 2 is 1.67 bits per heavy atom. The summed E-state index contributed by atoms with van der Waals surface area (Å²) in [5.41, 5.74) is 4.25. The third-order valence-electron chi connectivity index (χ3n) is 5.26. The van der Waals surface area contributed by atoms with E-state index in [4.69, 9.17) is 4.74 Å². The maximum atomic E-state index is 13.4. The summed E-state index contributed by atoms with van der Waals surface area (Å²) in [5.74, 6) is 1.27. The molecule has 0 bridgehead atoms. The van der Waals surface area contributed by atoms with Crippen molar-refractivity contribution in [2.24, 2.45) is 0 Å². The molecule has 0 amide bonds. The van der Waals surface area contributed by atoms with Crippen LogP contribution in [0.15, 0.2) is 77.6 Å². The summed E-state index contributed by atoms with van der Waals surface area (Å²) in [6.07, 6.45) is 0. The Bertz CT molecular complexity index is 1410. The zero-order valence-electron chi connectivity index (χ0n) is 16.7. The van der Waals surface area contributed by atoms with Crippen molar-refractivity contribution in [3.63, 3.8) is 0 Å². The van der Waals surface area contributed by atoms with Crippen LogP contribution in [0.3, 0.4) is 0 Å². The molecule has 0 aliphatic rings. The summed E-state index contributed by atoms with van der Waals surface area (Å²) < 4.78 is 8.37. The highest BCUT2D eigenvalue weighted by molar-refractivity contribution is 5.92. The lowest BCUT2D eigenvalue weighted by atomic mass is 10.1. The molecule has 0 fully saturated rings. The van der Waals surface area contributed by atoms with Crippen molar-refractivity contribution in [1.29, 1.82) is 0 Å². The van der Waals surface area contributed by atoms with E-state index in [9.17, 15) is 4.79 Å². The van der Waals surface area contributed by atoms with Gasteiger partial charge in [-0.3, -0.25) is 4.57 Å². The van der Waals surface area contributed by atoms with Gasteiger partial charge >= 0.3 is 5.69 Å². The van der Waals surface area contributed by atoms with E-state index in [2.05, 4.69) is 22.2 Å². The number of rotatable bonds is 4. The number of methoxy groups -OCH3 is 1. The quantitative estimate of drug-likeness (QED) is 0.459. The van der Waals surface area contributed by atoms with Crippen molar-refractivity contribution in [3.8, 4) is 17.1 Å². The molecule has 0 saturated carbocycles. The second-order valence-corrected chi connectivity index (χ2v) is 7.27. The highest BCUT2D eigenvalue weighted by Crippen LogP contribution is 2.23. The molecule has 6 heteroatoms. The van der Waals surface area contributed by atoms with Gasteiger partial charge in [0.15, 0.2) is 11.5 Å². The van der Waals surface area contributed by atoms with E-state index >= 15 is 0 Å². The topological polar surface area (TPSA) is 61.4 Å². The number of para-hydroxylation sites is 1. The Kier molecular flexibility index (Phi) is 4.32. The van der Waals surface area contributed by atoms with Gasteiger partial charge in [-0.2, -0.15) is 4.52 Å². The van der Waals surface area contributed by atoms with Crippen molar-refractivity contribution in [2.45, 2.75) is 13.5 Å². The highest BCUT2D eigenvalue weighted by Gasteiger charge is 2.16. The lowest BCUT2D eigenvalue weighted by Crippen LogP contribution is -2.28.